The predicted octanol–water partition coefficient (Wildman–Crippen LogP) is 3.69. The summed E-state index contributed by atoms with van der Waals surface area (Å²) < 4.78 is 14.4. The molecule has 0 radical (unpaired) electrons. The molecule has 144 valence electrons. The van der Waals surface area contributed by atoms with Crippen LogP contribution in [0, 0.1) is 26.6 Å². The van der Waals surface area contributed by atoms with E-state index in [2.05, 4.69) is 15.6 Å². The molecule has 1 aromatic heterocycles. The summed E-state index contributed by atoms with van der Waals surface area (Å²) >= 11 is 0. The maximum atomic E-state index is 13.1. The lowest BCUT2D eigenvalue weighted by Crippen LogP contribution is -2.30. The Balaban J connectivity index is 1.84. The fraction of sp³-hybridized carbons (Fsp3) is 0.190. The Bertz CT molecular complexity index is 1070. The van der Waals surface area contributed by atoms with Crippen LogP contribution in [-0.4, -0.2) is 15.5 Å². The van der Waals surface area contributed by atoms with Crippen molar-refractivity contribution in [1.82, 2.24) is 9.55 Å². The average Bonchev–Trinajstić information content (AvgIpc) is 2.63. The highest BCUT2D eigenvalue weighted by Gasteiger charge is 2.12. The van der Waals surface area contributed by atoms with Crippen molar-refractivity contribution in [2.75, 3.05) is 10.6 Å². The van der Waals surface area contributed by atoms with Gasteiger partial charge in [0.2, 0.25) is 11.9 Å². The summed E-state index contributed by atoms with van der Waals surface area (Å²) in [5.74, 6) is -0.502. The molecular formula is C21H21FN4O2. The molecule has 3 aromatic rings. The molecule has 0 spiro atoms. The van der Waals surface area contributed by atoms with Gasteiger partial charge in [0, 0.05) is 23.1 Å². The van der Waals surface area contributed by atoms with E-state index in [4.69, 9.17) is 0 Å². The van der Waals surface area contributed by atoms with E-state index >= 15 is 0 Å². The highest BCUT2D eigenvalue weighted by Crippen LogP contribution is 2.16. The number of nitrogens with one attached hydrogen (secondary N) is 2. The van der Waals surface area contributed by atoms with Crippen LogP contribution in [-0.2, 0) is 11.3 Å². The molecule has 2 aromatic carbocycles. The molecule has 0 aliphatic carbocycles. The van der Waals surface area contributed by atoms with Crippen molar-refractivity contribution in [2.45, 2.75) is 27.3 Å². The van der Waals surface area contributed by atoms with Crippen molar-refractivity contribution in [3.8, 4) is 0 Å². The van der Waals surface area contributed by atoms with Gasteiger partial charge in [0.25, 0.3) is 5.56 Å². The van der Waals surface area contributed by atoms with Gasteiger partial charge in [0.05, 0.1) is 0 Å². The second-order valence-electron chi connectivity index (χ2n) is 6.62. The van der Waals surface area contributed by atoms with Crippen molar-refractivity contribution in [2.24, 2.45) is 0 Å². The zero-order chi connectivity index (χ0) is 20.3. The van der Waals surface area contributed by atoms with E-state index in [9.17, 15) is 14.0 Å². The van der Waals surface area contributed by atoms with Gasteiger partial charge in [-0.2, -0.15) is 0 Å². The molecule has 0 saturated carbocycles. The minimum atomic E-state index is -0.368. The fourth-order valence-electron chi connectivity index (χ4n) is 2.69. The summed E-state index contributed by atoms with van der Waals surface area (Å²) in [6, 6.07) is 12.6. The summed E-state index contributed by atoms with van der Waals surface area (Å²) in [5.41, 5.74) is 3.57. The van der Waals surface area contributed by atoms with Crippen LogP contribution >= 0.6 is 0 Å². The summed E-state index contributed by atoms with van der Waals surface area (Å²) in [7, 11) is 0. The molecule has 6 nitrogen and oxygen atoms in total. The third-order valence-corrected chi connectivity index (χ3v) is 4.33. The molecule has 1 amide bonds. The second kappa shape index (κ2) is 8.04. The number of aryl methyl sites for hydroxylation is 3. The Morgan fingerprint density at radius 2 is 1.68 bits per heavy atom. The number of rotatable bonds is 5. The lowest BCUT2D eigenvalue weighted by atomic mass is 10.1. The topological polar surface area (TPSA) is 76.0 Å². The molecular weight excluding hydrogens is 359 g/mol. The van der Waals surface area contributed by atoms with Gasteiger partial charge >= 0.3 is 0 Å². The Kier molecular flexibility index (Phi) is 5.54. The highest BCUT2D eigenvalue weighted by atomic mass is 19.1. The number of hydrogen-bond acceptors (Lipinski definition) is 4. The number of carbonyl (C=O) groups excluding carboxylic acids is 1. The normalized spacial score (nSPS) is 10.6. The number of benzene rings is 2. The van der Waals surface area contributed by atoms with Crippen molar-refractivity contribution in [3.05, 3.63) is 81.5 Å². The Labute approximate surface area is 162 Å². The van der Waals surface area contributed by atoms with Gasteiger partial charge in [-0.3, -0.25) is 14.2 Å². The summed E-state index contributed by atoms with van der Waals surface area (Å²) in [5, 5.41) is 5.77. The predicted molar refractivity (Wildman–Crippen MR) is 107 cm³/mol. The van der Waals surface area contributed by atoms with Gasteiger partial charge in [-0.15, -0.1) is 0 Å². The number of aromatic nitrogens is 2. The molecule has 7 heteroatoms. The number of amides is 1. The molecule has 0 aliphatic heterocycles. The minimum Gasteiger partial charge on any atom is -0.326 e. The minimum absolute atomic E-state index is 0.206. The average molecular weight is 380 g/mol. The lowest BCUT2D eigenvalue weighted by molar-refractivity contribution is -0.116. The standard InChI is InChI=1S/C21H21FN4O2/c1-13-4-7-18(10-14(13)2)24-19(27)12-26-20(28)11-15(3)23-21(26)25-17-8-5-16(22)6-9-17/h4-11H,12H2,1-3H3,(H,23,25)(H,24,27). The maximum absolute atomic E-state index is 13.1. The largest absolute Gasteiger partial charge is 0.326 e. The van der Waals surface area contributed by atoms with Crippen LogP contribution < -0.4 is 16.2 Å². The van der Waals surface area contributed by atoms with Crippen LogP contribution in [0.5, 0.6) is 0 Å². The first-order valence-corrected chi connectivity index (χ1v) is 8.80. The molecule has 0 aliphatic rings. The third-order valence-electron chi connectivity index (χ3n) is 4.33. The highest BCUT2D eigenvalue weighted by molar-refractivity contribution is 5.90. The van der Waals surface area contributed by atoms with E-state index < -0.39 is 0 Å². The van der Waals surface area contributed by atoms with E-state index in [0.717, 1.165) is 11.1 Å². The van der Waals surface area contributed by atoms with Crippen molar-refractivity contribution >= 4 is 23.2 Å². The third kappa shape index (κ3) is 4.62. The van der Waals surface area contributed by atoms with E-state index in [1.807, 2.05) is 32.0 Å². The lowest BCUT2D eigenvalue weighted by Gasteiger charge is -2.14. The first kappa shape index (κ1) is 19.3. The molecule has 3 rings (SSSR count). The molecule has 0 atom stereocenters. The zero-order valence-electron chi connectivity index (χ0n) is 15.9. The summed E-state index contributed by atoms with van der Waals surface area (Å²) in [6.07, 6.45) is 0. The van der Waals surface area contributed by atoms with Crippen LogP contribution in [0.2, 0.25) is 0 Å². The number of hydrogen-bond donors (Lipinski definition) is 2. The summed E-state index contributed by atoms with van der Waals surface area (Å²) in [6.45, 7) is 5.44. The van der Waals surface area contributed by atoms with Crippen LogP contribution in [0.25, 0.3) is 0 Å². The van der Waals surface area contributed by atoms with Gasteiger partial charge in [0.15, 0.2) is 0 Å². The fourth-order valence-corrected chi connectivity index (χ4v) is 2.69. The molecule has 0 bridgehead atoms. The van der Waals surface area contributed by atoms with Crippen molar-refractivity contribution in [1.29, 1.82) is 0 Å². The van der Waals surface area contributed by atoms with E-state index in [1.54, 1.807) is 6.92 Å². The van der Waals surface area contributed by atoms with Gasteiger partial charge in [-0.05, 0) is 68.3 Å². The van der Waals surface area contributed by atoms with Crippen LogP contribution in [0.15, 0.2) is 53.3 Å². The van der Waals surface area contributed by atoms with Gasteiger partial charge in [0.1, 0.15) is 12.4 Å². The molecule has 0 saturated heterocycles. The molecule has 28 heavy (non-hydrogen) atoms. The van der Waals surface area contributed by atoms with Crippen LogP contribution in [0.1, 0.15) is 16.8 Å². The van der Waals surface area contributed by atoms with Crippen LogP contribution in [0.3, 0.4) is 0 Å². The van der Waals surface area contributed by atoms with E-state index in [-0.39, 0.29) is 29.8 Å². The molecule has 0 unspecified atom stereocenters. The number of nitrogens with zero attached hydrogens (tertiary/aromatic N) is 2. The van der Waals surface area contributed by atoms with Gasteiger partial charge in [-0.1, -0.05) is 6.07 Å². The number of carbonyl (C=O) groups is 1. The first-order valence-electron chi connectivity index (χ1n) is 8.80. The summed E-state index contributed by atoms with van der Waals surface area (Å²) in [4.78, 5) is 29.2. The maximum Gasteiger partial charge on any atom is 0.255 e. The van der Waals surface area contributed by atoms with Crippen molar-refractivity contribution in [3.63, 3.8) is 0 Å². The quantitative estimate of drug-likeness (QED) is 0.708. The van der Waals surface area contributed by atoms with Gasteiger partial charge in [-0.25, -0.2) is 9.37 Å². The second-order valence-corrected chi connectivity index (χ2v) is 6.62. The Morgan fingerprint density at radius 3 is 2.36 bits per heavy atom. The van der Waals surface area contributed by atoms with Crippen LogP contribution in [0.4, 0.5) is 21.7 Å². The van der Waals surface area contributed by atoms with Gasteiger partial charge < -0.3 is 10.6 Å². The van der Waals surface area contributed by atoms with E-state index in [0.29, 0.717) is 17.1 Å². The molecule has 1 heterocycles. The Morgan fingerprint density at radius 1 is 1.00 bits per heavy atom. The number of anilines is 3. The smallest absolute Gasteiger partial charge is 0.255 e. The first-order chi connectivity index (χ1) is 13.3. The number of halogens is 1. The van der Waals surface area contributed by atoms with E-state index in [1.165, 1.54) is 34.9 Å². The zero-order valence-corrected chi connectivity index (χ0v) is 15.9. The molecule has 0 fully saturated rings. The monoisotopic (exact) mass is 380 g/mol. The molecule has 2 N–H and O–H groups in total. The SMILES string of the molecule is Cc1cc(=O)n(CC(=O)Nc2ccc(C)c(C)c2)c(Nc2ccc(F)cc2)n1. The van der Waals surface area contributed by atoms with Crippen molar-refractivity contribution < 1.29 is 9.18 Å². The Hall–Kier alpha value is -3.48.